The highest BCUT2D eigenvalue weighted by atomic mass is 32.1. The number of benzene rings is 1. The molecule has 1 aliphatic rings. The van der Waals surface area contributed by atoms with Gasteiger partial charge in [-0.25, -0.2) is 4.98 Å². The number of carbonyl (C=O) groups excluding carboxylic acids is 1. The number of aromatic nitrogens is 1. The molecule has 1 amide bonds. The molecule has 7 heteroatoms. The van der Waals surface area contributed by atoms with Gasteiger partial charge in [-0.2, -0.15) is 0 Å². The van der Waals surface area contributed by atoms with E-state index in [0.717, 1.165) is 30.6 Å². The van der Waals surface area contributed by atoms with Crippen LogP contribution in [0.1, 0.15) is 37.1 Å². The Bertz CT molecular complexity index is 694. The predicted octanol–water partition coefficient (Wildman–Crippen LogP) is 2.75. The molecule has 3 N–H and O–H groups in total. The predicted molar refractivity (Wildman–Crippen MR) is 98.6 cm³/mol. The molecule has 1 fully saturated rings. The zero-order valence-corrected chi connectivity index (χ0v) is 15.2. The molecule has 3 rings (SSSR count). The molecule has 2 aromatic rings. The van der Waals surface area contributed by atoms with Crippen molar-refractivity contribution >= 4 is 23.7 Å². The molecule has 134 valence electrons. The molecule has 0 bridgehead atoms. The zero-order valence-electron chi connectivity index (χ0n) is 14.4. The summed E-state index contributed by atoms with van der Waals surface area (Å²) in [6, 6.07) is 8.37. The van der Waals surface area contributed by atoms with Crippen molar-refractivity contribution < 1.29 is 14.7 Å². The van der Waals surface area contributed by atoms with Crippen LogP contribution in [0, 0.1) is 6.92 Å². The van der Waals surface area contributed by atoms with Crippen molar-refractivity contribution in [3.63, 3.8) is 0 Å². The number of hydrogen-bond donors (Lipinski definition) is 3. The van der Waals surface area contributed by atoms with E-state index in [4.69, 9.17) is 9.90 Å². The van der Waals surface area contributed by atoms with E-state index in [1.165, 1.54) is 10.4 Å². The number of aryl methyl sites for hydroxylation is 1. The van der Waals surface area contributed by atoms with Crippen LogP contribution in [0.2, 0.25) is 0 Å². The molecule has 2 heterocycles. The fourth-order valence-corrected chi connectivity index (χ4v) is 3.62. The summed E-state index contributed by atoms with van der Waals surface area (Å²) in [4.78, 5) is 26.0. The first-order chi connectivity index (χ1) is 12.1. The Morgan fingerprint density at radius 3 is 2.64 bits per heavy atom. The van der Waals surface area contributed by atoms with E-state index in [1.54, 1.807) is 11.3 Å². The van der Waals surface area contributed by atoms with Crippen molar-refractivity contribution in [2.45, 2.75) is 38.8 Å². The maximum atomic E-state index is 12.1. The molecule has 25 heavy (non-hydrogen) atoms. The quantitative estimate of drug-likeness (QED) is 0.729. The number of hydrogen-bond acceptors (Lipinski definition) is 5. The molecule has 1 saturated heterocycles. The largest absolute Gasteiger partial charge is 0.483 e. The second kappa shape index (κ2) is 9.29. The molecule has 0 spiro atoms. The average molecular weight is 361 g/mol. The molecule has 1 aromatic carbocycles. The van der Waals surface area contributed by atoms with E-state index in [9.17, 15) is 4.79 Å². The Hall–Kier alpha value is -2.25. The summed E-state index contributed by atoms with van der Waals surface area (Å²) in [5, 5.41) is 13.2. The Balaban J connectivity index is 0.000000701. The van der Waals surface area contributed by atoms with Gasteiger partial charge in [0.2, 0.25) is 5.91 Å². The summed E-state index contributed by atoms with van der Waals surface area (Å²) in [5.74, 6) is 0.104. The minimum Gasteiger partial charge on any atom is -0.483 e. The maximum absolute atomic E-state index is 12.1. The first kappa shape index (κ1) is 19.1. The van der Waals surface area contributed by atoms with Gasteiger partial charge in [0.15, 0.2) is 0 Å². The molecular weight excluding hydrogens is 338 g/mol. The topological polar surface area (TPSA) is 91.3 Å². The standard InChI is InChI=1S/C17H21N3OS.CH2O2/c1-11(20-17(21)15-4-3-9-18-15)13-5-7-14(8-6-13)16-12(2)19-10-22-16;2-1-3/h5-8,10-11,15,18H,3-4,9H2,1-2H3,(H,20,21);1H,(H,2,3)/t11-,15?;/m0./s1. The van der Waals surface area contributed by atoms with E-state index in [1.807, 2.05) is 19.4 Å². The highest BCUT2D eigenvalue weighted by Crippen LogP contribution is 2.28. The third-order valence-electron chi connectivity index (χ3n) is 4.15. The molecule has 0 saturated carbocycles. The third-order valence-corrected chi connectivity index (χ3v) is 5.13. The van der Waals surface area contributed by atoms with Gasteiger partial charge < -0.3 is 15.7 Å². The molecule has 1 aliphatic heterocycles. The van der Waals surface area contributed by atoms with Crippen LogP contribution in [0.5, 0.6) is 0 Å². The number of rotatable bonds is 4. The van der Waals surface area contributed by atoms with Gasteiger partial charge in [-0.15, -0.1) is 11.3 Å². The van der Waals surface area contributed by atoms with Gasteiger partial charge in [0, 0.05) is 0 Å². The lowest BCUT2D eigenvalue weighted by Gasteiger charge is -2.18. The highest BCUT2D eigenvalue weighted by molar-refractivity contribution is 7.13. The number of amides is 1. The second-order valence-electron chi connectivity index (χ2n) is 5.87. The van der Waals surface area contributed by atoms with Gasteiger partial charge in [-0.3, -0.25) is 9.59 Å². The molecular formula is C18H23N3O3S. The maximum Gasteiger partial charge on any atom is 0.290 e. The van der Waals surface area contributed by atoms with E-state index in [2.05, 4.69) is 39.9 Å². The normalized spacial score (nSPS) is 17.3. The Morgan fingerprint density at radius 1 is 1.44 bits per heavy atom. The van der Waals surface area contributed by atoms with E-state index >= 15 is 0 Å². The summed E-state index contributed by atoms with van der Waals surface area (Å²) in [6.45, 7) is 4.74. The molecule has 0 radical (unpaired) electrons. The average Bonchev–Trinajstić information content (AvgIpc) is 3.27. The second-order valence-corrected chi connectivity index (χ2v) is 6.73. The fraction of sp³-hybridized carbons (Fsp3) is 0.389. The summed E-state index contributed by atoms with van der Waals surface area (Å²) in [5.41, 5.74) is 5.24. The number of carboxylic acid groups (broad SMARTS) is 1. The minimum atomic E-state index is -0.250. The first-order valence-corrected chi connectivity index (χ1v) is 9.06. The fourth-order valence-electron chi connectivity index (χ4n) is 2.81. The van der Waals surface area contributed by atoms with Crippen LogP contribution in [-0.2, 0) is 9.59 Å². The molecule has 6 nitrogen and oxygen atoms in total. The lowest BCUT2D eigenvalue weighted by atomic mass is 10.0. The zero-order chi connectivity index (χ0) is 18.2. The Kier molecular flexibility index (Phi) is 7.09. The van der Waals surface area contributed by atoms with Gasteiger partial charge >= 0.3 is 0 Å². The number of carbonyl (C=O) groups is 2. The Labute approximate surface area is 151 Å². The smallest absolute Gasteiger partial charge is 0.290 e. The van der Waals surface area contributed by atoms with Gasteiger partial charge in [0.1, 0.15) is 0 Å². The van der Waals surface area contributed by atoms with Crippen molar-refractivity contribution in [2.75, 3.05) is 6.54 Å². The van der Waals surface area contributed by atoms with Gasteiger partial charge in [-0.05, 0) is 44.4 Å². The van der Waals surface area contributed by atoms with Crippen molar-refractivity contribution in [3.05, 3.63) is 41.0 Å². The minimum absolute atomic E-state index is 0.0199. The number of nitrogens with one attached hydrogen (secondary N) is 2. The van der Waals surface area contributed by atoms with Gasteiger partial charge in [0.25, 0.3) is 6.47 Å². The monoisotopic (exact) mass is 361 g/mol. The lowest BCUT2D eigenvalue weighted by Crippen LogP contribution is -2.41. The van der Waals surface area contributed by atoms with E-state index in [0.29, 0.717) is 0 Å². The molecule has 1 unspecified atom stereocenters. The highest BCUT2D eigenvalue weighted by Gasteiger charge is 2.23. The summed E-state index contributed by atoms with van der Waals surface area (Å²) < 4.78 is 0. The SMILES string of the molecule is Cc1ncsc1-c1ccc([C@H](C)NC(=O)C2CCCN2)cc1.O=CO. The van der Waals surface area contributed by atoms with Crippen LogP contribution in [0.25, 0.3) is 10.4 Å². The summed E-state index contributed by atoms with van der Waals surface area (Å²) in [6.07, 6.45) is 2.01. The Morgan fingerprint density at radius 2 is 2.12 bits per heavy atom. The van der Waals surface area contributed by atoms with Gasteiger partial charge in [-0.1, -0.05) is 24.3 Å². The van der Waals surface area contributed by atoms with E-state index < -0.39 is 0 Å². The summed E-state index contributed by atoms with van der Waals surface area (Å²) >= 11 is 1.66. The van der Waals surface area contributed by atoms with Crippen LogP contribution < -0.4 is 10.6 Å². The van der Waals surface area contributed by atoms with Crippen molar-refractivity contribution in [3.8, 4) is 10.4 Å². The van der Waals surface area contributed by atoms with Gasteiger partial charge in [0.05, 0.1) is 28.2 Å². The first-order valence-electron chi connectivity index (χ1n) is 8.18. The van der Waals surface area contributed by atoms with Crippen molar-refractivity contribution in [1.29, 1.82) is 0 Å². The third kappa shape index (κ3) is 5.11. The molecule has 1 aromatic heterocycles. The lowest BCUT2D eigenvalue weighted by molar-refractivity contribution is -0.124. The van der Waals surface area contributed by atoms with E-state index in [-0.39, 0.29) is 24.5 Å². The van der Waals surface area contributed by atoms with Crippen LogP contribution in [0.3, 0.4) is 0 Å². The number of nitrogens with zero attached hydrogens (tertiary/aromatic N) is 1. The molecule has 2 atom stereocenters. The van der Waals surface area contributed by atoms with Crippen LogP contribution in [-0.4, -0.2) is 35.1 Å². The summed E-state index contributed by atoms with van der Waals surface area (Å²) in [7, 11) is 0. The van der Waals surface area contributed by atoms with Crippen LogP contribution in [0.4, 0.5) is 0 Å². The van der Waals surface area contributed by atoms with Crippen LogP contribution in [0.15, 0.2) is 29.8 Å². The van der Waals surface area contributed by atoms with Crippen molar-refractivity contribution in [2.24, 2.45) is 0 Å². The molecule has 0 aliphatic carbocycles. The van der Waals surface area contributed by atoms with Crippen LogP contribution >= 0.6 is 11.3 Å². The van der Waals surface area contributed by atoms with Crippen molar-refractivity contribution in [1.82, 2.24) is 15.6 Å². The number of thiazole rings is 1.